The first-order valence-electron chi connectivity index (χ1n) is 11.7. The number of benzene rings is 2. The predicted molar refractivity (Wildman–Crippen MR) is 149 cm³/mol. The molecule has 0 aliphatic carbocycles. The summed E-state index contributed by atoms with van der Waals surface area (Å²) >= 11 is 0. The Bertz CT molecular complexity index is 1120. The lowest BCUT2D eigenvalue weighted by Crippen LogP contribution is -2.18. The van der Waals surface area contributed by atoms with Crippen LogP contribution in [0.5, 0.6) is 5.75 Å². The minimum atomic E-state index is -0.611. The Morgan fingerprint density at radius 1 is 0.921 bits per heavy atom. The lowest BCUT2D eigenvalue weighted by Gasteiger charge is -2.19. The molecule has 38 heavy (non-hydrogen) atoms. The summed E-state index contributed by atoms with van der Waals surface area (Å²) in [6.07, 6.45) is 1.11. The maximum Gasteiger partial charge on any atom is 0.298 e. The summed E-state index contributed by atoms with van der Waals surface area (Å²) in [7, 11) is 1.57. The summed E-state index contributed by atoms with van der Waals surface area (Å²) in [4.78, 5) is 19.8. The topological polar surface area (TPSA) is 61.8 Å². The molecular weight excluding hydrogens is 490 g/mol. The number of carbonyl (C=O) groups excluding carboxylic acids is 2. The second kappa shape index (κ2) is 18.4. The third kappa shape index (κ3) is 14.0. The average Bonchev–Trinajstić information content (AvgIpc) is 2.84. The first-order valence-corrected chi connectivity index (χ1v) is 11.7. The standard InChI is InChI=1S/C23H24F2O4.C4H6O.C4H8/c1-15(2)16(3)28-13-17(12-27-4)9-19-6-5-18(10-22(19)24)21-8-7-20(29-14-26)11-23(21)25;1-4(2)3-5;1-4(2)3/h5-8,10-11,14,17H,1,3,9,12-13H2,2,4H3;3H,1H2,2H3;1H2,2-3H3. The zero-order valence-electron chi connectivity index (χ0n) is 22.9. The Morgan fingerprint density at radius 3 is 1.97 bits per heavy atom. The number of ether oxygens (including phenoxy) is 3. The van der Waals surface area contributed by atoms with Crippen LogP contribution in [0, 0.1) is 17.6 Å². The zero-order chi connectivity index (χ0) is 29.3. The molecule has 0 aliphatic heterocycles. The molecule has 0 N–H and O–H groups in total. The van der Waals surface area contributed by atoms with Gasteiger partial charge in [0.1, 0.15) is 29.4 Å². The highest BCUT2D eigenvalue weighted by molar-refractivity contribution is 5.70. The molecule has 7 heteroatoms. The van der Waals surface area contributed by atoms with Gasteiger partial charge in [0.05, 0.1) is 13.2 Å². The van der Waals surface area contributed by atoms with Crippen molar-refractivity contribution >= 4 is 12.8 Å². The van der Waals surface area contributed by atoms with Gasteiger partial charge in [-0.15, -0.1) is 6.58 Å². The fourth-order valence-corrected chi connectivity index (χ4v) is 2.79. The zero-order valence-corrected chi connectivity index (χ0v) is 22.9. The molecule has 0 amide bonds. The normalized spacial score (nSPS) is 10.4. The molecule has 1 atom stereocenters. The number of aldehydes is 1. The summed E-state index contributed by atoms with van der Waals surface area (Å²) in [5.74, 6) is -0.583. The summed E-state index contributed by atoms with van der Waals surface area (Å²) < 4.78 is 44.4. The van der Waals surface area contributed by atoms with Crippen molar-refractivity contribution in [2.24, 2.45) is 5.92 Å². The van der Waals surface area contributed by atoms with Crippen molar-refractivity contribution in [2.75, 3.05) is 20.3 Å². The van der Waals surface area contributed by atoms with Crippen molar-refractivity contribution in [3.05, 3.63) is 102 Å². The monoisotopic (exact) mass is 528 g/mol. The molecule has 0 spiro atoms. The third-order valence-electron chi connectivity index (χ3n) is 4.57. The van der Waals surface area contributed by atoms with Gasteiger partial charge in [0.2, 0.25) is 0 Å². The molecule has 2 aromatic rings. The molecule has 0 saturated heterocycles. The first-order chi connectivity index (χ1) is 17.9. The van der Waals surface area contributed by atoms with Crippen LogP contribution in [0.4, 0.5) is 8.78 Å². The van der Waals surface area contributed by atoms with Gasteiger partial charge in [-0.3, -0.25) is 9.59 Å². The van der Waals surface area contributed by atoms with Crippen LogP contribution in [-0.2, 0) is 25.5 Å². The van der Waals surface area contributed by atoms with E-state index in [-0.39, 0.29) is 23.7 Å². The number of carbonyl (C=O) groups is 2. The van der Waals surface area contributed by atoms with Gasteiger partial charge in [0, 0.05) is 24.7 Å². The fourth-order valence-electron chi connectivity index (χ4n) is 2.79. The van der Waals surface area contributed by atoms with E-state index in [1.54, 1.807) is 33.1 Å². The Morgan fingerprint density at radius 2 is 1.53 bits per heavy atom. The number of allylic oxidation sites excluding steroid dienone is 3. The van der Waals surface area contributed by atoms with Gasteiger partial charge in [-0.05, 0) is 74.6 Å². The molecule has 1 unspecified atom stereocenters. The van der Waals surface area contributed by atoms with Crippen molar-refractivity contribution in [3.8, 4) is 16.9 Å². The highest BCUT2D eigenvalue weighted by atomic mass is 19.1. The maximum absolute atomic E-state index is 14.7. The Labute approximate surface area is 225 Å². The van der Waals surface area contributed by atoms with Crippen LogP contribution in [0.2, 0.25) is 0 Å². The van der Waals surface area contributed by atoms with Crippen LogP contribution >= 0.6 is 0 Å². The molecule has 2 aromatic carbocycles. The summed E-state index contributed by atoms with van der Waals surface area (Å²) in [5.41, 5.74) is 3.54. The van der Waals surface area contributed by atoms with E-state index in [1.807, 2.05) is 13.8 Å². The molecule has 2 rings (SSSR count). The Kier molecular flexibility index (Phi) is 16.6. The highest BCUT2D eigenvalue weighted by Crippen LogP contribution is 2.28. The Hall–Kier alpha value is -3.84. The quantitative estimate of drug-likeness (QED) is 0.0943. The molecule has 0 saturated carbocycles. The summed E-state index contributed by atoms with van der Waals surface area (Å²) in [5, 5.41) is 0. The predicted octanol–water partition coefficient (Wildman–Crippen LogP) is 7.42. The van der Waals surface area contributed by atoms with E-state index in [0.29, 0.717) is 42.1 Å². The van der Waals surface area contributed by atoms with Crippen molar-refractivity contribution in [3.63, 3.8) is 0 Å². The van der Waals surface area contributed by atoms with Gasteiger partial charge in [0.25, 0.3) is 6.47 Å². The lowest BCUT2D eigenvalue weighted by molar-refractivity contribution is -0.120. The molecule has 0 radical (unpaired) electrons. The largest absolute Gasteiger partial charge is 0.494 e. The summed E-state index contributed by atoms with van der Waals surface area (Å²) in [6.45, 7) is 22.7. The molecule has 0 aromatic heterocycles. The molecule has 0 fully saturated rings. The van der Waals surface area contributed by atoms with E-state index >= 15 is 0 Å². The van der Waals surface area contributed by atoms with Crippen LogP contribution in [0.3, 0.4) is 0 Å². The number of halogens is 2. The van der Waals surface area contributed by atoms with Crippen molar-refractivity contribution < 1.29 is 32.6 Å². The fraction of sp³-hybridized carbons (Fsp3) is 0.290. The van der Waals surface area contributed by atoms with E-state index in [4.69, 9.17) is 9.47 Å². The number of hydrogen-bond donors (Lipinski definition) is 0. The molecule has 0 heterocycles. The van der Waals surface area contributed by atoms with Gasteiger partial charge >= 0.3 is 0 Å². The van der Waals surface area contributed by atoms with Gasteiger partial charge in [-0.2, -0.15) is 0 Å². The lowest BCUT2D eigenvalue weighted by atomic mass is 9.97. The van der Waals surface area contributed by atoms with E-state index in [2.05, 4.69) is 31.1 Å². The van der Waals surface area contributed by atoms with Gasteiger partial charge in [-0.1, -0.05) is 37.4 Å². The van der Waals surface area contributed by atoms with Crippen molar-refractivity contribution in [2.45, 2.75) is 34.1 Å². The smallest absolute Gasteiger partial charge is 0.298 e. The second-order valence-corrected chi connectivity index (χ2v) is 8.87. The minimum absolute atomic E-state index is 0.0806. The van der Waals surface area contributed by atoms with Crippen LogP contribution in [-0.4, -0.2) is 33.1 Å². The van der Waals surface area contributed by atoms with Crippen molar-refractivity contribution in [1.82, 2.24) is 0 Å². The van der Waals surface area contributed by atoms with Crippen LogP contribution in [0.15, 0.2) is 85.2 Å². The van der Waals surface area contributed by atoms with Crippen LogP contribution in [0.25, 0.3) is 11.1 Å². The molecule has 0 bridgehead atoms. The Balaban J connectivity index is 0.00000131. The maximum atomic E-state index is 14.7. The molecular formula is C31H38F2O5. The van der Waals surface area contributed by atoms with Crippen LogP contribution in [0.1, 0.15) is 33.3 Å². The SMILES string of the molecule is C=C(C)C.C=C(C)C(=C)OCC(COC)Cc1ccc(-c2ccc(OC=O)cc2F)cc1F.C=C(C)C=O. The van der Waals surface area contributed by atoms with Crippen molar-refractivity contribution in [1.29, 1.82) is 0 Å². The third-order valence-corrected chi connectivity index (χ3v) is 4.57. The first kappa shape index (κ1) is 34.2. The molecule has 0 aliphatic rings. The van der Waals surface area contributed by atoms with Gasteiger partial charge in [0.15, 0.2) is 0 Å². The van der Waals surface area contributed by atoms with Gasteiger partial charge < -0.3 is 14.2 Å². The number of rotatable bonds is 12. The average molecular weight is 529 g/mol. The number of hydrogen-bond acceptors (Lipinski definition) is 5. The molecule has 5 nitrogen and oxygen atoms in total. The minimum Gasteiger partial charge on any atom is -0.494 e. The van der Waals surface area contributed by atoms with E-state index in [1.165, 1.54) is 23.8 Å². The number of methoxy groups -OCH3 is 1. The van der Waals surface area contributed by atoms with E-state index < -0.39 is 11.6 Å². The van der Waals surface area contributed by atoms with E-state index in [9.17, 15) is 18.4 Å². The van der Waals surface area contributed by atoms with E-state index in [0.717, 1.165) is 17.9 Å². The second-order valence-electron chi connectivity index (χ2n) is 8.87. The molecule has 206 valence electrons. The van der Waals surface area contributed by atoms with Gasteiger partial charge in [-0.25, -0.2) is 8.78 Å². The highest BCUT2D eigenvalue weighted by Gasteiger charge is 2.16. The van der Waals surface area contributed by atoms with Crippen LogP contribution < -0.4 is 4.74 Å². The summed E-state index contributed by atoms with van der Waals surface area (Å²) in [6, 6.07) is 8.51.